The third-order valence-corrected chi connectivity index (χ3v) is 5.61. The van der Waals surface area contributed by atoms with Crippen LogP contribution in [0.5, 0.6) is 0 Å². The molecule has 0 aliphatic carbocycles. The lowest BCUT2D eigenvalue weighted by Gasteiger charge is -2.45. The first kappa shape index (κ1) is 22.4. The Balaban J connectivity index is 2.05. The minimum absolute atomic E-state index is 0.0202. The second kappa shape index (κ2) is 10.2. The highest BCUT2D eigenvalue weighted by Crippen LogP contribution is 2.42. The van der Waals surface area contributed by atoms with Gasteiger partial charge in [-0.05, 0) is 41.8 Å². The Kier molecular flexibility index (Phi) is 7.58. The molecular weight excluding hydrogens is 427 g/mol. The molecule has 2 aromatic carbocycles. The maximum Gasteiger partial charge on any atom is 0.404 e. The van der Waals surface area contributed by atoms with Gasteiger partial charge in [0.2, 0.25) is 5.91 Å². The lowest BCUT2D eigenvalue weighted by atomic mass is 9.91. The highest BCUT2D eigenvalue weighted by atomic mass is 35.5. The van der Waals surface area contributed by atoms with Gasteiger partial charge in [-0.1, -0.05) is 60.8 Å². The average Bonchev–Trinajstić information content (AvgIpc) is 2.72. The van der Waals surface area contributed by atoms with Crippen LogP contribution in [0.3, 0.4) is 0 Å². The maximum absolute atomic E-state index is 13.0. The van der Waals surface area contributed by atoms with Crippen LogP contribution in [0.15, 0.2) is 48.5 Å². The topological polar surface area (TPSA) is 81.9 Å². The molecule has 2 amide bonds. The number of hydrogen-bond acceptors (Lipinski definition) is 4. The number of carbonyl (C=O) groups excluding carboxylic acids is 2. The molecule has 2 aromatic rings. The number of morpholine rings is 1. The van der Waals surface area contributed by atoms with Gasteiger partial charge in [0.15, 0.2) is 0 Å². The molecule has 1 aliphatic rings. The largest absolute Gasteiger partial charge is 0.448 e. The molecule has 0 aromatic heterocycles. The van der Waals surface area contributed by atoms with Gasteiger partial charge in [0, 0.05) is 10.0 Å². The first-order chi connectivity index (χ1) is 14.4. The van der Waals surface area contributed by atoms with Crippen LogP contribution in [0.25, 0.3) is 0 Å². The molecule has 1 saturated heterocycles. The van der Waals surface area contributed by atoms with E-state index in [-0.39, 0.29) is 25.2 Å². The fourth-order valence-electron chi connectivity index (χ4n) is 3.80. The van der Waals surface area contributed by atoms with Crippen LogP contribution >= 0.6 is 23.2 Å². The summed E-state index contributed by atoms with van der Waals surface area (Å²) in [5, 5.41) is 1.21. The monoisotopic (exact) mass is 450 g/mol. The molecule has 8 heteroatoms. The lowest BCUT2D eigenvalue weighted by Crippen LogP contribution is -2.52. The number of carbonyl (C=O) groups is 2. The van der Waals surface area contributed by atoms with Crippen molar-refractivity contribution in [3.63, 3.8) is 0 Å². The van der Waals surface area contributed by atoms with Gasteiger partial charge in [-0.15, -0.1) is 0 Å². The second-order valence-corrected chi connectivity index (χ2v) is 8.03. The number of nitrogens with zero attached hydrogens (tertiary/aromatic N) is 1. The number of ether oxygens (including phenoxy) is 2. The fourth-order valence-corrected chi connectivity index (χ4v) is 4.05. The van der Waals surface area contributed by atoms with Crippen molar-refractivity contribution in [2.75, 3.05) is 13.2 Å². The van der Waals surface area contributed by atoms with Crippen LogP contribution in [0.2, 0.25) is 10.0 Å². The molecule has 160 valence electrons. The number of primary amides is 1. The van der Waals surface area contributed by atoms with E-state index in [4.69, 9.17) is 38.4 Å². The van der Waals surface area contributed by atoms with E-state index in [1.165, 1.54) is 0 Å². The lowest BCUT2D eigenvalue weighted by molar-refractivity contribution is -0.165. The molecule has 0 radical (unpaired) electrons. The fraction of sp³-hybridized carbons (Fsp3) is 0.364. The summed E-state index contributed by atoms with van der Waals surface area (Å²) in [6.07, 6.45) is 0.162. The Bertz CT molecular complexity index is 874. The van der Waals surface area contributed by atoms with Crippen molar-refractivity contribution in [1.82, 2.24) is 4.90 Å². The molecule has 2 N–H and O–H groups in total. The van der Waals surface area contributed by atoms with E-state index in [1.807, 2.05) is 31.2 Å². The molecule has 3 atom stereocenters. The van der Waals surface area contributed by atoms with Gasteiger partial charge >= 0.3 is 6.09 Å². The van der Waals surface area contributed by atoms with Gasteiger partial charge in [-0.3, -0.25) is 4.79 Å². The molecule has 30 heavy (non-hydrogen) atoms. The summed E-state index contributed by atoms with van der Waals surface area (Å²) in [6.45, 7) is 1.96. The first-order valence-electron chi connectivity index (χ1n) is 9.76. The van der Waals surface area contributed by atoms with Gasteiger partial charge in [0.1, 0.15) is 19.3 Å². The average molecular weight is 451 g/mol. The van der Waals surface area contributed by atoms with Crippen molar-refractivity contribution in [2.24, 2.45) is 5.73 Å². The third-order valence-electron chi connectivity index (χ3n) is 5.10. The van der Waals surface area contributed by atoms with E-state index < -0.39 is 18.2 Å². The zero-order valence-electron chi connectivity index (χ0n) is 16.6. The van der Waals surface area contributed by atoms with Crippen LogP contribution in [0, 0.1) is 0 Å². The predicted molar refractivity (Wildman–Crippen MR) is 115 cm³/mol. The Labute approximate surface area is 185 Å². The van der Waals surface area contributed by atoms with Crippen molar-refractivity contribution in [1.29, 1.82) is 0 Å². The summed E-state index contributed by atoms with van der Waals surface area (Å²) >= 11 is 12.1. The minimum atomic E-state index is -0.867. The number of rotatable bonds is 7. The van der Waals surface area contributed by atoms with E-state index in [2.05, 4.69) is 0 Å². The quantitative estimate of drug-likeness (QED) is 0.650. The van der Waals surface area contributed by atoms with Crippen LogP contribution < -0.4 is 5.73 Å². The van der Waals surface area contributed by atoms with Crippen molar-refractivity contribution < 1.29 is 19.1 Å². The van der Waals surface area contributed by atoms with Crippen LogP contribution in [0.1, 0.15) is 43.0 Å². The standard InChI is InChI=1S/C22H24Cl2N2O4/c1-2-3-18(12-30-22(25)28)26-19(27)13-29-21(15-6-10-17(24)11-7-15)20(26)14-4-8-16(23)9-5-14/h4-11,18,20-21H,2-3,12-13H2,1H3,(H2,25,28)/t18-,20-,21+/m0/s1. The summed E-state index contributed by atoms with van der Waals surface area (Å²) in [5.74, 6) is -0.174. The van der Waals surface area contributed by atoms with E-state index in [0.717, 1.165) is 17.5 Å². The zero-order valence-corrected chi connectivity index (χ0v) is 18.1. The highest BCUT2D eigenvalue weighted by Gasteiger charge is 2.42. The SMILES string of the molecule is CCC[C@@H](COC(N)=O)N1C(=O)CO[C@H](c2ccc(Cl)cc2)[C@@H]1c1ccc(Cl)cc1. The predicted octanol–water partition coefficient (Wildman–Crippen LogP) is 4.90. The molecule has 1 fully saturated rings. The summed E-state index contributed by atoms with van der Waals surface area (Å²) in [4.78, 5) is 26.0. The Hall–Kier alpha value is -2.28. The molecule has 0 bridgehead atoms. The van der Waals surface area contributed by atoms with E-state index in [1.54, 1.807) is 29.2 Å². The summed E-state index contributed by atoms with van der Waals surface area (Å²) in [6, 6.07) is 13.9. The Morgan fingerprint density at radius 3 is 2.23 bits per heavy atom. The first-order valence-corrected chi connectivity index (χ1v) is 10.5. The van der Waals surface area contributed by atoms with E-state index in [9.17, 15) is 9.59 Å². The summed E-state index contributed by atoms with van der Waals surface area (Å²) in [5.41, 5.74) is 6.94. The van der Waals surface area contributed by atoms with Crippen molar-refractivity contribution in [3.05, 3.63) is 69.7 Å². The summed E-state index contributed by atoms with van der Waals surface area (Å²) in [7, 11) is 0. The molecule has 0 unspecified atom stereocenters. The number of halogens is 2. The van der Waals surface area contributed by atoms with Crippen LogP contribution in [-0.4, -0.2) is 36.2 Å². The van der Waals surface area contributed by atoms with Gasteiger partial charge in [0.05, 0.1) is 12.1 Å². The number of nitrogens with two attached hydrogens (primary N) is 1. The Morgan fingerprint density at radius 2 is 1.70 bits per heavy atom. The highest BCUT2D eigenvalue weighted by molar-refractivity contribution is 6.30. The van der Waals surface area contributed by atoms with E-state index in [0.29, 0.717) is 16.5 Å². The van der Waals surface area contributed by atoms with Crippen molar-refractivity contribution in [3.8, 4) is 0 Å². The third kappa shape index (κ3) is 5.25. The van der Waals surface area contributed by atoms with Gasteiger partial charge in [-0.25, -0.2) is 4.79 Å². The van der Waals surface area contributed by atoms with Gasteiger partial charge in [0.25, 0.3) is 0 Å². The molecule has 0 spiro atoms. The van der Waals surface area contributed by atoms with Crippen molar-refractivity contribution >= 4 is 35.2 Å². The number of hydrogen-bond donors (Lipinski definition) is 1. The van der Waals surface area contributed by atoms with Crippen LogP contribution in [-0.2, 0) is 14.3 Å². The molecule has 6 nitrogen and oxygen atoms in total. The molecule has 3 rings (SSSR count). The molecule has 1 aliphatic heterocycles. The zero-order chi connectivity index (χ0) is 21.7. The molecule has 0 saturated carbocycles. The normalized spacial score (nSPS) is 20.1. The second-order valence-electron chi connectivity index (χ2n) is 7.15. The molecule has 1 heterocycles. The summed E-state index contributed by atoms with van der Waals surface area (Å²) < 4.78 is 11.1. The van der Waals surface area contributed by atoms with Crippen molar-refractivity contribution in [2.45, 2.75) is 38.0 Å². The van der Waals surface area contributed by atoms with Gasteiger partial charge in [-0.2, -0.15) is 0 Å². The molecular formula is C22H24Cl2N2O4. The smallest absolute Gasteiger partial charge is 0.404 e. The van der Waals surface area contributed by atoms with E-state index >= 15 is 0 Å². The minimum Gasteiger partial charge on any atom is -0.448 e. The number of benzene rings is 2. The Morgan fingerprint density at radius 1 is 1.13 bits per heavy atom. The van der Waals surface area contributed by atoms with Crippen LogP contribution in [0.4, 0.5) is 4.79 Å². The van der Waals surface area contributed by atoms with Gasteiger partial charge < -0.3 is 20.1 Å². The number of amides is 2. The maximum atomic E-state index is 13.0.